The van der Waals surface area contributed by atoms with E-state index in [9.17, 15) is 0 Å². The molecule has 2 rings (SSSR count). The maximum Gasteiger partial charge on any atom is 0.134 e. The highest BCUT2D eigenvalue weighted by atomic mass is 16.5. The minimum absolute atomic E-state index is 0.371. The Labute approximate surface area is 127 Å². The van der Waals surface area contributed by atoms with Gasteiger partial charge >= 0.3 is 0 Å². The highest BCUT2D eigenvalue weighted by molar-refractivity contribution is 5.82. The molecule has 0 bridgehead atoms. The highest BCUT2D eigenvalue weighted by Gasteiger charge is 2.17. The first kappa shape index (κ1) is 16.0. The van der Waals surface area contributed by atoms with Crippen LogP contribution in [0, 0.1) is 0 Å². The van der Waals surface area contributed by atoms with E-state index in [0.717, 1.165) is 37.6 Å². The quantitative estimate of drug-likeness (QED) is 0.811. The predicted octanol–water partition coefficient (Wildman–Crippen LogP) is 3.01. The molecule has 1 aromatic heterocycles. The van der Waals surface area contributed by atoms with Gasteiger partial charge in [0.05, 0.1) is 13.2 Å². The first-order chi connectivity index (χ1) is 10.2. The van der Waals surface area contributed by atoms with Crippen LogP contribution in [-0.4, -0.2) is 38.3 Å². The molecule has 4 heteroatoms. The minimum Gasteiger partial charge on any atom is -0.459 e. The van der Waals surface area contributed by atoms with Crippen LogP contribution in [0.15, 0.2) is 28.7 Å². The molecule has 1 aromatic carbocycles. The third-order valence-electron chi connectivity index (χ3n) is 3.89. The van der Waals surface area contributed by atoms with Crippen LogP contribution in [-0.2, 0) is 17.8 Å². The van der Waals surface area contributed by atoms with Gasteiger partial charge in [0, 0.05) is 30.6 Å². The normalized spacial score (nSPS) is 13.2. The summed E-state index contributed by atoms with van der Waals surface area (Å²) in [6.07, 6.45) is 0. The van der Waals surface area contributed by atoms with Crippen LogP contribution in [0.5, 0.6) is 0 Å². The number of para-hydroxylation sites is 1. The maximum atomic E-state index is 6.02. The lowest BCUT2D eigenvalue weighted by Gasteiger charge is -2.24. The van der Waals surface area contributed by atoms with Crippen molar-refractivity contribution in [3.63, 3.8) is 0 Å². The number of fused-ring (bicyclic) bond motifs is 1. The van der Waals surface area contributed by atoms with Gasteiger partial charge < -0.3 is 14.5 Å². The van der Waals surface area contributed by atoms with Gasteiger partial charge in [-0.05, 0) is 26.6 Å². The summed E-state index contributed by atoms with van der Waals surface area (Å²) in [5.74, 6) is 1.04. The summed E-state index contributed by atoms with van der Waals surface area (Å²) in [5, 5.41) is 4.57. The molecular formula is C17H26N2O2. The number of nitrogens with one attached hydrogen (secondary N) is 1. The third-order valence-corrected chi connectivity index (χ3v) is 3.89. The molecular weight excluding hydrogens is 264 g/mol. The van der Waals surface area contributed by atoms with Crippen molar-refractivity contribution in [1.29, 1.82) is 0 Å². The molecule has 0 aliphatic rings. The Bertz CT molecular complexity index is 565. The SMILES string of the molecule is CCNCc1oc2ccccc2c1CN(C)C(C)COC. The Kier molecular flexibility index (Phi) is 5.79. The Balaban J connectivity index is 2.26. The molecule has 1 N–H and O–H groups in total. The molecule has 0 saturated heterocycles. The Morgan fingerprint density at radius 1 is 1.33 bits per heavy atom. The van der Waals surface area contributed by atoms with Crippen LogP contribution in [0.1, 0.15) is 25.2 Å². The number of hydrogen-bond donors (Lipinski definition) is 1. The van der Waals surface area contributed by atoms with Gasteiger partial charge in [0.15, 0.2) is 0 Å². The maximum absolute atomic E-state index is 6.02. The van der Waals surface area contributed by atoms with Crippen molar-refractivity contribution in [3.8, 4) is 0 Å². The summed E-state index contributed by atoms with van der Waals surface area (Å²) in [6.45, 7) is 7.58. The lowest BCUT2D eigenvalue weighted by molar-refractivity contribution is 0.112. The summed E-state index contributed by atoms with van der Waals surface area (Å²) < 4.78 is 11.3. The van der Waals surface area contributed by atoms with E-state index in [-0.39, 0.29) is 0 Å². The van der Waals surface area contributed by atoms with Crippen LogP contribution < -0.4 is 5.32 Å². The largest absolute Gasteiger partial charge is 0.459 e. The van der Waals surface area contributed by atoms with Crippen molar-refractivity contribution >= 4 is 11.0 Å². The number of ether oxygens (including phenoxy) is 1. The number of likely N-dealkylation sites (N-methyl/N-ethyl adjacent to an activating group) is 1. The van der Waals surface area contributed by atoms with Crippen molar-refractivity contribution in [3.05, 3.63) is 35.6 Å². The molecule has 1 heterocycles. The monoisotopic (exact) mass is 290 g/mol. The molecule has 4 nitrogen and oxygen atoms in total. The van der Waals surface area contributed by atoms with Crippen LogP contribution in [0.25, 0.3) is 11.0 Å². The Morgan fingerprint density at radius 2 is 2.10 bits per heavy atom. The molecule has 0 aliphatic heterocycles. The number of nitrogens with zero attached hydrogens (tertiary/aromatic N) is 1. The van der Waals surface area contributed by atoms with Crippen LogP contribution in [0.4, 0.5) is 0 Å². The fraction of sp³-hybridized carbons (Fsp3) is 0.529. The van der Waals surface area contributed by atoms with Gasteiger partial charge in [0.1, 0.15) is 11.3 Å². The summed E-state index contributed by atoms with van der Waals surface area (Å²) in [5.41, 5.74) is 2.24. The van der Waals surface area contributed by atoms with Gasteiger partial charge in [-0.15, -0.1) is 0 Å². The second-order valence-electron chi connectivity index (χ2n) is 5.50. The average Bonchev–Trinajstić information content (AvgIpc) is 2.83. The molecule has 0 aliphatic carbocycles. The van der Waals surface area contributed by atoms with Crippen molar-refractivity contribution in [2.45, 2.75) is 33.0 Å². The van der Waals surface area contributed by atoms with Gasteiger partial charge in [0.25, 0.3) is 0 Å². The van der Waals surface area contributed by atoms with Crippen LogP contribution >= 0.6 is 0 Å². The number of hydrogen-bond acceptors (Lipinski definition) is 4. The third kappa shape index (κ3) is 3.84. The Hall–Kier alpha value is -1.36. The van der Waals surface area contributed by atoms with E-state index in [2.05, 4.69) is 43.2 Å². The van der Waals surface area contributed by atoms with Gasteiger partial charge in [0.2, 0.25) is 0 Å². The summed E-state index contributed by atoms with van der Waals surface area (Å²) >= 11 is 0. The molecule has 0 amide bonds. The van der Waals surface area contributed by atoms with E-state index < -0.39 is 0 Å². The number of rotatable bonds is 8. The van der Waals surface area contributed by atoms with Gasteiger partial charge in [-0.25, -0.2) is 0 Å². The van der Waals surface area contributed by atoms with Crippen LogP contribution in [0.2, 0.25) is 0 Å². The molecule has 116 valence electrons. The standard InChI is InChI=1S/C17H26N2O2/c1-5-18-10-17-15(11-19(3)13(2)12-20-4)14-8-6-7-9-16(14)21-17/h6-9,13,18H,5,10-12H2,1-4H3. The number of furan rings is 1. The molecule has 0 saturated carbocycles. The van der Waals surface area contributed by atoms with Crippen molar-refractivity contribution in [2.24, 2.45) is 0 Å². The average molecular weight is 290 g/mol. The molecule has 21 heavy (non-hydrogen) atoms. The van der Waals surface area contributed by atoms with Crippen molar-refractivity contribution in [1.82, 2.24) is 10.2 Å². The van der Waals surface area contributed by atoms with Gasteiger partial charge in [-0.3, -0.25) is 4.90 Å². The zero-order chi connectivity index (χ0) is 15.2. The smallest absolute Gasteiger partial charge is 0.134 e. The van der Waals surface area contributed by atoms with Crippen molar-refractivity contribution in [2.75, 3.05) is 27.3 Å². The molecule has 1 atom stereocenters. The zero-order valence-corrected chi connectivity index (χ0v) is 13.5. The molecule has 1 unspecified atom stereocenters. The fourth-order valence-corrected chi connectivity index (χ4v) is 2.48. The Morgan fingerprint density at radius 3 is 2.81 bits per heavy atom. The fourth-order valence-electron chi connectivity index (χ4n) is 2.48. The lowest BCUT2D eigenvalue weighted by Crippen LogP contribution is -2.32. The lowest BCUT2D eigenvalue weighted by atomic mass is 10.1. The zero-order valence-electron chi connectivity index (χ0n) is 13.5. The van der Waals surface area contributed by atoms with E-state index >= 15 is 0 Å². The summed E-state index contributed by atoms with van der Waals surface area (Å²) in [6, 6.07) is 8.63. The number of methoxy groups -OCH3 is 1. The highest BCUT2D eigenvalue weighted by Crippen LogP contribution is 2.27. The predicted molar refractivity (Wildman–Crippen MR) is 86.4 cm³/mol. The summed E-state index contributed by atoms with van der Waals surface area (Å²) in [7, 11) is 3.87. The molecule has 0 radical (unpaired) electrons. The van der Waals surface area contributed by atoms with E-state index in [4.69, 9.17) is 9.15 Å². The molecule has 2 aromatic rings. The van der Waals surface area contributed by atoms with Crippen molar-refractivity contribution < 1.29 is 9.15 Å². The minimum atomic E-state index is 0.371. The van der Waals surface area contributed by atoms with Gasteiger partial charge in [-0.2, -0.15) is 0 Å². The second-order valence-corrected chi connectivity index (χ2v) is 5.50. The molecule has 0 fully saturated rings. The van der Waals surface area contributed by atoms with E-state index in [0.29, 0.717) is 6.04 Å². The van der Waals surface area contributed by atoms with E-state index in [1.54, 1.807) is 7.11 Å². The second kappa shape index (κ2) is 7.59. The number of benzene rings is 1. The topological polar surface area (TPSA) is 37.6 Å². The first-order valence-corrected chi connectivity index (χ1v) is 7.56. The van der Waals surface area contributed by atoms with Gasteiger partial charge in [-0.1, -0.05) is 25.1 Å². The summed E-state index contributed by atoms with van der Waals surface area (Å²) in [4.78, 5) is 2.30. The first-order valence-electron chi connectivity index (χ1n) is 7.56. The van der Waals surface area contributed by atoms with E-state index in [1.807, 2.05) is 12.1 Å². The molecule has 0 spiro atoms. The van der Waals surface area contributed by atoms with E-state index in [1.165, 1.54) is 10.9 Å². The van der Waals surface area contributed by atoms with Crippen LogP contribution in [0.3, 0.4) is 0 Å².